The van der Waals surface area contributed by atoms with Crippen LogP contribution < -0.4 is 9.47 Å². The summed E-state index contributed by atoms with van der Waals surface area (Å²) in [4.78, 5) is 0. The van der Waals surface area contributed by atoms with E-state index in [2.05, 4.69) is 5.10 Å². The van der Waals surface area contributed by atoms with Gasteiger partial charge in [0, 0.05) is 12.0 Å². The molecule has 0 unspecified atom stereocenters. The van der Waals surface area contributed by atoms with Gasteiger partial charge in [0.05, 0.1) is 32.2 Å². The summed E-state index contributed by atoms with van der Waals surface area (Å²) in [5.74, 6) is 1.39. The van der Waals surface area contributed by atoms with Gasteiger partial charge in [-0.3, -0.25) is 0 Å². The quantitative estimate of drug-likeness (QED) is 0.822. The second kappa shape index (κ2) is 6.76. The predicted molar refractivity (Wildman–Crippen MR) is 96.6 cm³/mol. The number of sulfonamides is 1. The van der Waals surface area contributed by atoms with Gasteiger partial charge in [-0.05, 0) is 35.9 Å². The summed E-state index contributed by atoms with van der Waals surface area (Å²) in [5.41, 5.74) is 2.37. The Morgan fingerprint density at radius 3 is 2.32 bits per heavy atom. The molecular formula is C18H20N2O4S. The number of hydrazone groups is 1. The molecule has 0 saturated carbocycles. The van der Waals surface area contributed by atoms with E-state index in [9.17, 15) is 8.42 Å². The van der Waals surface area contributed by atoms with Crippen molar-refractivity contribution in [2.24, 2.45) is 5.10 Å². The molecular weight excluding hydrogens is 340 g/mol. The molecule has 2 aromatic carbocycles. The molecule has 0 saturated heterocycles. The van der Waals surface area contributed by atoms with E-state index < -0.39 is 16.1 Å². The van der Waals surface area contributed by atoms with Crippen molar-refractivity contribution in [1.82, 2.24) is 4.41 Å². The summed E-state index contributed by atoms with van der Waals surface area (Å²) < 4.78 is 36.2. The third kappa shape index (κ3) is 3.46. The highest BCUT2D eigenvalue weighted by molar-refractivity contribution is 7.88. The molecule has 0 aromatic heterocycles. The third-order valence-electron chi connectivity index (χ3n) is 4.13. The van der Waals surface area contributed by atoms with Crippen molar-refractivity contribution < 1.29 is 17.9 Å². The first-order valence-corrected chi connectivity index (χ1v) is 9.63. The van der Waals surface area contributed by atoms with E-state index >= 15 is 0 Å². The lowest BCUT2D eigenvalue weighted by molar-refractivity contribution is 0.352. The second-order valence-corrected chi connectivity index (χ2v) is 7.61. The van der Waals surface area contributed by atoms with Crippen LogP contribution in [0.2, 0.25) is 0 Å². The predicted octanol–water partition coefficient (Wildman–Crippen LogP) is 2.81. The molecule has 0 N–H and O–H groups in total. The summed E-state index contributed by atoms with van der Waals surface area (Å²) in [5, 5.41) is 4.38. The van der Waals surface area contributed by atoms with Gasteiger partial charge in [-0.2, -0.15) is 9.52 Å². The molecule has 1 aliphatic rings. The first-order chi connectivity index (χ1) is 11.9. The van der Waals surface area contributed by atoms with Gasteiger partial charge in [-0.15, -0.1) is 0 Å². The lowest BCUT2D eigenvalue weighted by atomic mass is 9.98. The Balaban J connectivity index is 2.01. The van der Waals surface area contributed by atoms with Crippen molar-refractivity contribution in [3.63, 3.8) is 0 Å². The average Bonchev–Trinajstić information content (AvgIpc) is 3.07. The molecule has 0 fully saturated rings. The molecule has 7 heteroatoms. The van der Waals surface area contributed by atoms with E-state index in [1.807, 2.05) is 48.5 Å². The maximum Gasteiger partial charge on any atom is 0.247 e. The van der Waals surface area contributed by atoms with E-state index in [0.717, 1.165) is 23.1 Å². The van der Waals surface area contributed by atoms with E-state index in [4.69, 9.17) is 9.47 Å². The van der Waals surface area contributed by atoms with Crippen molar-refractivity contribution in [2.45, 2.75) is 12.5 Å². The zero-order valence-electron chi connectivity index (χ0n) is 14.3. The third-order valence-corrected chi connectivity index (χ3v) is 5.15. The number of hydrogen-bond donors (Lipinski definition) is 0. The second-order valence-electron chi connectivity index (χ2n) is 5.77. The number of ether oxygens (including phenoxy) is 2. The number of rotatable bonds is 5. The number of para-hydroxylation sites is 1. The summed E-state index contributed by atoms with van der Waals surface area (Å²) in [6.07, 6.45) is 1.63. The molecule has 1 heterocycles. The van der Waals surface area contributed by atoms with Crippen LogP contribution >= 0.6 is 0 Å². The fourth-order valence-corrected chi connectivity index (χ4v) is 3.82. The summed E-state index contributed by atoms with van der Waals surface area (Å²) >= 11 is 0. The van der Waals surface area contributed by atoms with Gasteiger partial charge in [0.1, 0.15) is 11.5 Å². The summed E-state index contributed by atoms with van der Waals surface area (Å²) in [6.45, 7) is 0. The summed E-state index contributed by atoms with van der Waals surface area (Å²) in [6, 6.07) is 14.4. The zero-order valence-corrected chi connectivity index (χ0v) is 15.2. The van der Waals surface area contributed by atoms with Gasteiger partial charge in [0.25, 0.3) is 0 Å². The minimum Gasteiger partial charge on any atom is -0.497 e. The summed E-state index contributed by atoms with van der Waals surface area (Å²) in [7, 11) is -0.337. The van der Waals surface area contributed by atoms with E-state index in [1.54, 1.807) is 14.2 Å². The molecule has 132 valence electrons. The van der Waals surface area contributed by atoms with Crippen LogP contribution in [0.1, 0.15) is 23.6 Å². The molecule has 6 nitrogen and oxygen atoms in total. The van der Waals surface area contributed by atoms with Gasteiger partial charge in [0.2, 0.25) is 10.0 Å². The smallest absolute Gasteiger partial charge is 0.247 e. The van der Waals surface area contributed by atoms with Crippen molar-refractivity contribution in [3.05, 3.63) is 59.7 Å². The average molecular weight is 360 g/mol. The van der Waals surface area contributed by atoms with E-state index in [0.29, 0.717) is 17.9 Å². The lowest BCUT2D eigenvalue weighted by Gasteiger charge is -2.23. The Hall–Kier alpha value is -2.54. The molecule has 1 atom stereocenters. The molecule has 3 rings (SSSR count). The van der Waals surface area contributed by atoms with Crippen LogP contribution in [-0.2, 0) is 10.0 Å². The lowest BCUT2D eigenvalue weighted by Crippen LogP contribution is -2.26. The minimum atomic E-state index is -3.51. The maximum atomic E-state index is 12.3. The van der Waals surface area contributed by atoms with Crippen LogP contribution in [0.5, 0.6) is 11.5 Å². The van der Waals surface area contributed by atoms with Crippen molar-refractivity contribution in [1.29, 1.82) is 0 Å². The highest BCUT2D eigenvalue weighted by atomic mass is 32.2. The normalized spacial score (nSPS) is 17.3. The monoisotopic (exact) mass is 360 g/mol. The Morgan fingerprint density at radius 1 is 1.04 bits per heavy atom. The van der Waals surface area contributed by atoms with Crippen LogP contribution in [0.4, 0.5) is 0 Å². The molecule has 0 aliphatic carbocycles. The Labute approximate surface area is 147 Å². The van der Waals surface area contributed by atoms with Crippen molar-refractivity contribution >= 4 is 15.7 Å². The molecule has 25 heavy (non-hydrogen) atoms. The van der Waals surface area contributed by atoms with Crippen molar-refractivity contribution in [3.8, 4) is 11.5 Å². The van der Waals surface area contributed by atoms with Gasteiger partial charge in [0.15, 0.2) is 0 Å². The first-order valence-electron chi connectivity index (χ1n) is 7.78. The zero-order chi connectivity index (χ0) is 18.0. The first kappa shape index (κ1) is 17.3. The minimum absolute atomic E-state index is 0.428. The molecule has 0 bridgehead atoms. The van der Waals surface area contributed by atoms with Gasteiger partial charge in [-0.25, -0.2) is 8.42 Å². The highest BCUT2D eigenvalue weighted by Crippen LogP contribution is 2.38. The SMILES string of the molecule is COc1ccc(C2=NN(S(C)(=O)=O)[C@@H](c3ccccc3OC)C2)cc1. The van der Waals surface area contributed by atoms with Gasteiger partial charge >= 0.3 is 0 Å². The molecule has 0 radical (unpaired) electrons. The Bertz CT molecular complexity index is 892. The molecule has 0 spiro atoms. The highest BCUT2D eigenvalue weighted by Gasteiger charge is 2.35. The van der Waals surface area contributed by atoms with E-state index in [-0.39, 0.29) is 0 Å². The van der Waals surface area contributed by atoms with Crippen LogP contribution in [0, 0.1) is 0 Å². The number of benzene rings is 2. The largest absolute Gasteiger partial charge is 0.497 e. The molecule has 1 aliphatic heterocycles. The van der Waals surface area contributed by atoms with Crippen LogP contribution in [0.25, 0.3) is 0 Å². The Morgan fingerprint density at radius 2 is 1.72 bits per heavy atom. The number of hydrogen-bond acceptors (Lipinski definition) is 5. The maximum absolute atomic E-state index is 12.3. The van der Waals surface area contributed by atoms with Gasteiger partial charge in [-0.1, -0.05) is 18.2 Å². The number of methoxy groups -OCH3 is 2. The number of nitrogens with zero attached hydrogens (tertiary/aromatic N) is 2. The van der Waals surface area contributed by atoms with Gasteiger partial charge < -0.3 is 9.47 Å². The van der Waals surface area contributed by atoms with Crippen LogP contribution in [0.15, 0.2) is 53.6 Å². The molecule has 2 aromatic rings. The standard InChI is InChI=1S/C18H20N2O4S/c1-23-14-10-8-13(9-11-14)16-12-17(20(19-16)25(3,21)22)15-6-4-5-7-18(15)24-2/h4-11,17H,12H2,1-3H3/t17-/m1/s1. The van der Waals surface area contributed by atoms with E-state index in [1.165, 1.54) is 4.41 Å². The van der Waals surface area contributed by atoms with Crippen molar-refractivity contribution in [2.75, 3.05) is 20.5 Å². The fraction of sp³-hybridized carbons (Fsp3) is 0.278. The van der Waals surface area contributed by atoms with Crippen LogP contribution in [-0.4, -0.2) is 39.0 Å². The fourth-order valence-electron chi connectivity index (χ4n) is 2.93. The van der Waals surface area contributed by atoms with Crippen LogP contribution in [0.3, 0.4) is 0 Å². The Kier molecular flexibility index (Phi) is 4.67. The topological polar surface area (TPSA) is 68.2 Å². The molecule has 0 amide bonds.